The number of hydrogen-bond acceptors (Lipinski definition) is 9. The summed E-state index contributed by atoms with van der Waals surface area (Å²) in [4.78, 5) is 37.2. The first kappa shape index (κ1) is 21.7. The van der Waals surface area contributed by atoms with Crippen LogP contribution in [0.3, 0.4) is 0 Å². The lowest BCUT2D eigenvalue weighted by atomic mass is 10.1. The van der Waals surface area contributed by atoms with Crippen LogP contribution in [0.1, 0.15) is 20.7 Å². The largest absolute Gasteiger partial charge is 0.493 e. The molecule has 3 aromatic rings. The third kappa shape index (κ3) is 4.30. The van der Waals surface area contributed by atoms with Crippen molar-refractivity contribution < 1.29 is 37.7 Å². The molecule has 0 amide bonds. The van der Waals surface area contributed by atoms with Gasteiger partial charge >= 0.3 is 11.6 Å². The van der Waals surface area contributed by atoms with Crippen molar-refractivity contribution in [3.05, 3.63) is 57.9 Å². The molecule has 1 aromatic heterocycles. The minimum atomic E-state index is -0.987. The Bertz CT molecular complexity index is 1170. The number of fused-ring (bicyclic) bond motifs is 1. The van der Waals surface area contributed by atoms with Crippen LogP contribution in [0.4, 0.5) is 0 Å². The summed E-state index contributed by atoms with van der Waals surface area (Å²) in [5.41, 5.74) is -0.849. The van der Waals surface area contributed by atoms with Crippen LogP contribution in [0.25, 0.3) is 11.0 Å². The molecular formula is C22H20O9. The van der Waals surface area contributed by atoms with E-state index in [1.54, 1.807) is 18.2 Å². The number of benzene rings is 2. The Morgan fingerprint density at radius 1 is 0.871 bits per heavy atom. The van der Waals surface area contributed by atoms with Gasteiger partial charge in [0, 0.05) is 10.9 Å². The van der Waals surface area contributed by atoms with E-state index in [9.17, 15) is 14.4 Å². The first-order valence-corrected chi connectivity index (χ1v) is 9.04. The average Bonchev–Trinajstić information content (AvgIpc) is 2.80. The summed E-state index contributed by atoms with van der Waals surface area (Å²) in [5, 5.41) is 0.474. The normalized spacial score (nSPS) is 10.5. The molecule has 0 aliphatic rings. The number of ketones is 1. The second-order valence-electron chi connectivity index (χ2n) is 6.24. The maximum absolute atomic E-state index is 12.5. The van der Waals surface area contributed by atoms with E-state index in [4.69, 9.17) is 28.1 Å². The molecule has 0 saturated carbocycles. The van der Waals surface area contributed by atoms with Crippen molar-refractivity contribution in [1.82, 2.24) is 0 Å². The maximum Gasteiger partial charge on any atom is 0.351 e. The number of carbonyl (C=O) groups is 2. The molecule has 0 fully saturated rings. The zero-order valence-corrected chi connectivity index (χ0v) is 17.3. The highest BCUT2D eigenvalue weighted by molar-refractivity contribution is 6.01. The Kier molecular flexibility index (Phi) is 6.44. The number of ether oxygens (including phenoxy) is 5. The second-order valence-corrected chi connectivity index (χ2v) is 6.24. The number of para-hydroxylation sites is 1. The zero-order chi connectivity index (χ0) is 22.5. The summed E-state index contributed by atoms with van der Waals surface area (Å²) >= 11 is 0. The van der Waals surface area contributed by atoms with Crippen LogP contribution in [0.2, 0.25) is 0 Å². The average molecular weight is 428 g/mol. The molecule has 0 atom stereocenters. The smallest absolute Gasteiger partial charge is 0.351 e. The van der Waals surface area contributed by atoms with Gasteiger partial charge in [-0.1, -0.05) is 12.1 Å². The molecule has 0 radical (unpaired) electrons. The molecule has 0 bridgehead atoms. The summed E-state index contributed by atoms with van der Waals surface area (Å²) in [6, 6.07) is 9.17. The Morgan fingerprint density at radius 2 is 1.52 bits per heavy atom. The molecule has 2 aromatic carbocycles. The first-order chi connectivity index (χ1) is 14.9. The SMILES string of the molecule is COc1cc(C(=O)COC(=O)c2cc3cccc(OC)c3oc2=O)cc(OC)c1OC. The monoisotopic (exact) mass is 428 g/mol. The van der Waals surface area contributed by atoms with Gasteiger partial charge in [0.25, 0.3) is 0 Å². The van der Waals surface area contributed by atoms with Crippen LogP contribution < -0.4 is 24.6 Å². The quantitative estimate of drug-likeness (QED) is 0.304. The maximum atomic E-state index is 12.5. The number of methoxy groups -OCH3 is 4. The highest BCUT2D eigenvalue weighted by atomic mass is 16.5. The second kappa shape index (κ2) is 9.21. The van der Waals surface area contributed by atoms with Crippen LogP contribution in [0.5, 0.6) is 23.0 Å². The number of hydrogen-bond donors (Lipinski definition) is 0. The summed E-state index contributed by atoms with van der Waals surface area (Å²) in [6.45, 7) is -0.604. The van der Waals surface area contributed by atoms with Crippen molar-refractivity contribution in [1.29, 1.82) is 0 Å². The van der Waals surface area contributed by atoms with E-state index in [1.807, 2.05) is 0 Å². The fraction of sp³-hybridized carbons (Fsp3) is 0.227. The minimum absolute atomic E-state index is 0.178. The van der Waals surface area contributed by atoms with Gasteiger partial charge in [0.1, 0.15) is 5.56 Å². The van der Waals surface area contributed by atoms with Gasteiger partial charge in [-0.3, -0.25) is 4.79 Å². The van der Waals surface area contributed by atoms with Gasteiger partial charge in [0.05, 0.1) is 28.4 Å². The molecule has 0 saturated heterocycles. The van der Waals surface area contributed by atoms with Gasteiger partial charge in [-0.05, 0) is 24.3 Å². The zero-order valence-electron chi connectivity index (χ0n) is 17.3. The van der Waals surface area contributed by atoms with Gasteiger partial charge in [-0.25, -0.2) is 9.59 Å². The van der Waals surface area contributed by atoms with Gasteiger partial charge in [-0.15, -0.1) is 0 Å². The molecule has 9 nitrogen and oxygen atoms in total. The van der Waals surface area contributed by atoms with E-state index in [1.165, 1.54) is 46.6 Å². The Morgan fingerprint density at radius 3 is 2.10 bits per heavy atom. The summed E-state index contributed by atoms with van der Waals surface area (Å²) in [5.74, 6) is -0.283. The molecule has 3 rings (SSSR count). The Labute approximate surface area is 177 Å². The number of Topliss-reactive ketones (excluding diaryl/α,β-unsaturated/α-hetero) is 1. The molecule has 9 heteroatoms. The highest BCUT2D eigenvalue weighted by Crippen LogP contribution is 2.38. The summed E-state index contributed by atoms with van der Waals surface area (Å²) in [7, 11) is 5.71. The molecule has 0 aliphatic heterocycles. The summed E-state index contributed by atoms with van der Waals surface area (Å²) < 4.78 is 31.0. The molecule has 0 aliphatic carbocycles. The van der Waals surface area contributed by atoms with Crippen molar-refractivity contribution >= 4 is 22.7 Å². The standard InChI is InChI=1S/C22H20O9/c1-26-16-7-5-6-12-8-14(22(25)31-19(12)16)21(24)30-11-15(23)13-9-17(27-2)20(29-4)18(10-13)28-3/h5-10H,11H2,1-4H3. The van der Waals surface area contributed by atoms with Crippen molar-refractivity contribution in [2.24, 2.45) is 0 Å². The van der Waals surface area contributed by atoms with Gasteiger partial charge in [0.15, 0.2) is 29.4 Å². The van der Waals surface area contributed by atoms with E-state index in [0.717, 1.165) is 0 Å². The molecule has 0 N–H and O–H groups in total. The lowest BCUT2D eigenvalue weighted by Crippen LogP contribution is -2.20. The first-order valence-electron chi connectivity index (χ1n) is 9.04. The highest BCUT2D eigenvalue weighted by Gasteiger charge is 2.21. The van der Waals surface area contributed by atoms with Crippen LogP contribution in [-0.4, -0.2) is 46.8 Å². The lowest BCUT2D eigenvalue weighted by molar-refractivity contribution is 0.0470. The molecular weight excluding hydrogens is 408 g/mol. The van der Waals surface area contributed by atoms with Crippen LogP contribution in [-0.2, 0) is 4.74 Å². The third-order valence-electron chi connectivity index (χ3n) is 4.48. The van der Waals surface area contributed by atoms with E-state index >= 15 is 0 Å². The van der Waals surface area contributed by atoms with E-state index in [0.29, 0.717) is 16.9 Å². The molecule has 162 valence electrons. The van der Waals surface area contributed by atoms with E-state index in [-0.39, 0.29) is 28.2 Å². The van der Waals surface area contributed by atoms with Crippen molar-refractivity contribution in [3.63, 3.8) is 0 Å². The van der Waals surface area contributed by atoms with Crippen molar-refractivity contribution in [2.75, 3.05) is 35.0 Å². The lowest BCUT2D eigenvalue weighted by Gasteiger charge is -2.13. The van der Waals surface area contributed by atoms with Gasteiger partial charge in [0.2, 0.25) is 11.5 Å². The van der Waals surface area contributed by atoms with Crippen molar-refractivity contribution in [3.8, 4) is 23.0 Å². The molecule has 0 unspecified atom stereocenters. The Hall–Kier alpha value is -4.01. The van der Waals surface area contributed by atoms with Gasteiger partial charge in [-0.2, -0.15) is 0 Å². The summed E-state index contributed by atoms with van der Waals surface area (Å²) in [6.07, 6.45) is 0. The topological polar surface area (TPSA) is 110 Å². The molecule has 31 heavy (non-hydrogen) atoms. The number of esters is 1. The molecule has 1 heterocycles. The van der Waals surface area contributed by atoms with Crippen molar-refractivity contribution in [2.45, 2.75) is 0 Å². The predicted molar refractivity (Wildman–Crippen MR) is 110 cm³/mol. The number of carbonyl (C=O) groups excluding carboxylic acids is 2. The van der Waals surface area contributed by atoms with Crippen LogP contribution in [0, 0.1) is 0 Å². The van der Waals surface area contributed by atoms with E-state index < -0.39 is 24.0 Å². The van der Waals surface area contributed by atoms with Crippen LogP contribution in [0.15, 0.2) is 45.6 Å². The van der Waals surface area contributed by atoms with Gasteiger partial charge < -0.3 is 28.1 Å². The fourth-order valence-electron chi connectivity index (χ4n) is 2.96. The minimum Gasteiger partial charge on any atom is -0.493 e. The third-order valence-corrected chi connectivity index (χ3v) is 4.48. The molecule has 0 spiro atoms. The Balaban J connectivity index is 1.82. The van der Waals surface area contributed by atoms with Crippen LogP contribution >= 0.6 is 0 Å². The fourth-order valence-corrected chi connectivity index (χ4v) is 2.96. The number of rotatable bonds is 8. The predicted octanol–water partition coefficient (Wildman–Crippen LogP) is 2.87. The van der Waals surface area contributed by atoms with E-state index in [2.05, 4.69) is 0 Å².